The molecule has 0 fully saturated rings. The van der Waals surface area contributed by atoms with E-state index in [-0.39, 0.29) is 5.02 Å². The highest BCUT2D eigenvalue weighted by atomic mass is 35.5. The van der Waals surface area contributed by atoms with Crippen LogP contribution in [0.3, 0.4) is 0 Å². The molecular weight excluding hydrogens is 267 g/mol. The first-order chi connectivity index (χ1) is 9.20. The first kappa shape index (κ1) is 13.8. The number of ether oxygens (including phenoxy) is 1. The molecule has 2 rings (SSSR count). The van der Waals surface area contributed by atoms with Crippen LogP contribution in [-0.2, 0) is 6.54 Å². The number of benzene rings is 1. The number of nitrogens with zero attached hydrogens (tertiary/aromatic N) is 1. The number of nitrogens with one attached hydrogen (secondary N) is 1. The molecule has 1 N–H and O–H groups in total. The van der Waals surface area contributed by atoms with Crippen LogP contribution < -0.4 is 10.1 Å². The third-order valence-electron chi connectivity index (χ3n) is 2.55. The molecular formula is C14H14ClFN2O. The molecule has 0 aliphatic carbocycles. The highest BCUT2D eigenvalue weighted by Crippen LogP contribution is 2.31. The summed E-state index contributed by atoms with van der Waals surface area (Å²) in [6, 6.07) is 5.90. The molecule has 0 atom stereocenters. The standard InChI is InChI=1S/C14H14ClFN2O/c1-2-17-8-10-5-6-18-9-14(10)19-13-4-3-11(16)7-12(13)15/h3-7,9,17H,2,8H2,1H3. The molecule has 0 aliphatic heterocycles. The van der Waals surface area contributed by atoms with Crippen molar-refractivity contribution in [3.05, 3.63) is 53.1 Å². The largest absolute Gasteiger partial charge is 0.454 e. The molecule has 0 amide bonds. The molecule has 100 valence electrons. The fraction of sp³-hybridized carbons (Fsp3) is 0.214. The van der Waals surface area contributed by atoms with E-state index in [2.05, 4.69) is 10.3 Å². The first-order valence-corrected chi connectivity index (χ1v) is 6.35. The van der Waals surface area contributed by atoms with Crippen molar-refractivity contribution in [3.63, 3.8) is 0 Å². The zero-order valence-corrected chi connectivity index (χ0v) is 11.2. The number of hydrogen-bond acceptors (Lipinski definition) is 3. The Hall–Kier alpha value is -1.65. The first-order valence-electron chi connectivity index (χ1n) is 5.97. The van der Waals surface area contributed by atoms with E-state index in [0.717, 1.165) is 12.1 Å². The average Bonchev–Trinajstić information content (AvgIpc) is 2.41. The van der Waals surface area contributed by atoms with Crippen LogP contribution in [0, 0.1) is 5.82 Å². The van der Waals surface area contributed by atoms with Gasteiger partial charge in [0.2, 0.25) is 0 Å². The summed E-state index contributed by atoms with van der Waals surface area (Å²) in [6.45, 7) is 3.56. The average molecular weight is 281 g/mol. The lowest BCUT2D eigenvalue weighted by molar-refractivity contribution is 0.469. The monoisotopic (exact) mass is 280 g/mol. The molecule has 0 saturated carbocycles. The van der Waals surface area contributed by atoms with E-state index in [0.29, 0.717) is 18.0 Å². The molecule has 0 aliphatic rings. The Kier molecular flexibility index (Phi) is 4.71. The van der Waals surface area contributed by atoms with Crippen LogP contribution in [0.2, 0.25) is 5.02 Å². The van der Waals surface area contributed by atoms with Crippen molar-refractivity contribution >= 4 is 11.6 Å². The fourth-order valence-electron chi connectivity index (χ4n) is 1.58. The van der Waals surface area contributed by atoms with E-state index in [1.807, 2.05) is 13.0 Å². The fourth-order valence-corrected chi connectivity index (χ4v) is 1.79. The van der Waals surface area contributed by atoms with Crippen molar-refractivity contribution in [2.45, 2.75) is 13.5 Å². The quantitative estimate of drug-likeness (QED) is 0.905. The molecule has 1 heterocycles. The maximum Gasteiger partial charge on any atom is 0.150 e. The molecule has 0 unspecified atom stereocenters. The number of pyridine rings is 1. The van der Waals surface area contributed by atoms with Gasteiger partial charge in [-0.25, -0.2) is 4.39 Å². The van der Waals surface area contributed by atoms with Gasteiger partial charge in [0, 0.05) is 18.3 Å². The summed E-state index contributed by atoms with van der Waals surface area (Å²) in [5.74, 6) is 0.627. The van der Waals surface area contributed by atoms with Gasteiger partial charge in [-0.05, 0) is 30.8 Å². The van der Waals surface area contributed by atoms with Crippen LogP contribution in [0.15, 0.2) is 36.7 Å². The van der Waals surface area contributed by atoms with Gasteiger partial charge in [-0.15, -0.1) is 0 Å². The van der Waals surface area contributed by atoms with Gasteiger partial charge >= 0.3 is 0 Å². The van der Waals surface area contributed by atoms with Gasteiger partial charge in [0.15, 0.2) is 0 Å². The van der Waals surface area contributed by atoms with Gasteiger partial charge < -0.3 is 10.1 Å². The van der Waals surface area contributed by atoms with Crippen LogP contribution in [0.4, 0.5) is 4.39 Å². The Labute approximate surface area is 116 Å². The van der Waals surface area contributed by atoms with E-state index in [1.54, 1.807) is 12.4 Å². The molecule has 0 saturated heterocycles. The van der Waals surface area contributed by atoms with Crippen molar-refractivity contribution in [3.8, 4) is 11.5 Å². The Balaban J connectivity index is 2.22. The zero-order chi connectivity index (χ0) is 13.7. The van der Waals surface area contributed by atoms with Crippen molar-refractivity contribution in [2.75, 3.05) is 6.54 Å². The summed E-state index contributed by atoms with van der Waals surface area (Å²) in [6.07, 6.45) is 3.32. The van der Waals surface area contributed by atoms with Crippen LogP contribution in [-0.4, -0.2) is 11.5 Å². The Bertz CT molecular complexity index is 563. The zero-order valence-electron chi connectivity index (χ0n) is 10.5. The van der Waals surface area contributed by atoms with Gasteiger partial charge in [-0.1, -0.05) is 18.5 Å². The Morgan fingerprint density at radius 3 is 2.89 bits per heavy atom. The number of aromatic nitrogens is 1. The van der Waals surface area contributed by atoms with E-state index in [1.165, 1.54) is 18.2 Å². The SMILES string of the molecule is CCNCc1ccncc1Oc1ccc(F)cc1Cl. The van der Waals surface area contributed by atoms with Crippen LogP contribution in [0.25, 0.3) is 0 Å². The third-order valence-corrected chi connectivity index (χ3v) is 2.84. The topological polar surface area (TPSA) is 34.2 Å². The number of halogens is 2. The maximum atomic E-state index is 13.0. The van der Waals surface area contributed by atoms with Crippen LogP contribution in [0.5, 0.6) is 11.5 Å². The van der Waals surface area contributed by atoms with Gasteiger partial charge in [-0.2, -0.15) is 0 Å². The van der Waals surface area contributed by atoms with E-state index in [9.17, 15) is 4.39 Å². The summed E-state index contributed by atoms with van der Waals surface area (Å²) in [5.41, 5.74) is 0.970. The second-order valence-corrected chi connectivity index (χ2v) is 4.35. The maximum absolute atomic E-state index is 13.0. The predicted octanol–water partition coefficient (Wildman–Crippen LogP) is 3.78. The Morgan fingerprint density at radius 1 is 1.32 bits per heavy atom. The molecule has 1 aromatic heterocycles. The van der Waals surface area contributed by atoms with Crippen molar-refractivity contribution in [1.82, 2.24) is 10.3 Å². The van der Waals surface area contributed by atoms with Crippen molar-refractivity contribution < 1.29 is 9.13 Å². The molecule has 2 aromatic rings. The molecule has 3 nitrogen and oxygen atoms in total. The van der Waals surface area contributed by atoms with E-state index in [4.69, 9.17) is 16.3 Å². The predicted molar refractivity (Wildman–Crippen MR) is 73.1 cm³/mol. The minimum atomic E-state index is -0.392. The van der Waals surface area contributed by atoms with Gasteiger partial charge in [0.1, 0.15) is 17.3 Å². The second-order valence-electron chi connectivity index (χ2n) is 3.94. The summed E-state index contributed by atoms with van der Waals surface area (Å²) < 4.78 is 18.7. The van der Waals surface area contributed by atoms with Gasteiger partial charge in [0.05, 0.1) is 11.2 Å². The molecule has 0 radical (unpaired) electrons. The molecule has 0 bridgehead atoms. The summed E-state index contributed by atoms with van der Waals surface area (Å²) >= 11 is 5.94. The van der Waals surface area contributed by atoms with Crippen molar-refractivity contribution in [2.24, 2.45) is 0 Å². The van der Waals surface area contributed by atoms with Crippen LogP contribution >= 0.6 is 11.6 Å². The normalized spacial score (nSPS) is 10.5. The summed E-state index contributed by atoms with van der Waals surface area (Å²) in [5, 5.41) is 3.45. The molecule has 5 heteroatoms. The highest BCUT2D eigenvalue weighted by Gasteiger charge is 2.08. The van der Waals surface area contributed by atoms with Crippen molar-refractivity contribution in [1.29, 1.82) is 0 Å². The number of hydrogen-bond donors (Lipinski definition) is 1. The lowest BCUT2D eigenvalue weighted by atomic mass is 10.2. The smallest absolute Gasteiger partial charge is 0.150 e. The van der Waals surface area contributed by atoms with E-state index >= 15 is 0 Å². The Morgan fingerprint density at radius 2 is 2.16 bits per heavy atom. The summed E-state index contributed by atoms with van der Waals surface area (Å²) in [4.78, 5) is 4.03. The van der Waals surface area contributed by atoms with Gasteiger partial charge in [-0.3, -0.25) is 4.98 Å². The minimum Gasteiger partial charge on any atom is -0.454 e. The minimum absolute atomic E-state index is 0.234. The molecule has 19 heavy (non-hydrogen) atoms. The number of rotatable bonds is 5. The van der Waals surface area contributed by atoms with Crippen LogP contribution in [0.1, 0.15) is 12.5 Å². The lowest BCUT2D eigenvalue weighted by Gasteiger charge is -2.11. The lowest BCUT2D eigenvalue weighted by Crippen LogP contribution is -2.12. The van der Waals surface area contributed by atoms with E-state index < -0.39 is 5.82 Å². The van der Waals surface area contributed by atoms with Gasteiger partial charge in [0.25, 0.3) is 0 Å². The second kappa shape index (κ2) is 6.50. The molecule has 1 aromatic carbocycles. The third kappa shape index (κ3) is 3.66. The highest BCUT2D eigenvalue weighted by molar-refractivity contribution is 6.32. The molecule has 0 spiro atoms. The summed E-state index contributed by atoms with van der Waals surface area (Å²) in [7, 11) is 0.